The van der Waals surface area contributed by atoms with Gasteiger partial charge < -0.3 is 9.47 Å². The maximum Gasteiger partial charge on any atom is 0.222 e. The molecule has 1 fully saturated rings. The molecule has 0 aromatic rings. The van der Waals surface area contributed by atoms with Crippen LogP contribution in [0.4, 0.5) is 0 Å². The SMILES string of the molecule is C=C(C)[C@@H]1CC=C([C@@H]2OC=C3CC[C@H](C(=C)C)C[C@@H]3O2)CC1. The van der Waals surface area contributed by atoms with Gasteiger partial charge >= 0.3 is 0 Å². The van der Waals surface area contributed by atoms with Gasteiger partial charge in [0.25, 0.3) is 0 Å². The summed E-state index contributed by atoms with van der Waals surface area (Å²) >= 11 is 0. The number of allylic oxidation sites excluding steroid dienone is 3. The van der Waals surface area contributed by atoms with E-state index in [0.29, 0.717) is 11.8 Å². The van der Waals surface area contributed by atoms with E-state index in [9.17, 15) is 0 Å². The average Bonchev–Trinajstić information content (AvgIpc) is 2.53. The third kappa shape index (κ3) is 3.22. The first-order valence-electron chi connectivity index (χ1n) is 8.54. The maximum absolute atomic E-state index is 6.28. The predicted octanol–water partition coefficient (Wildman–Crippen LogP) is 5.29. The summed E-state index contributed by atoms with van der Waals surface area (Å²) in [7, 11) is 0. The van der Waals surface area contributed by atoms with Crippen molar-refractivity contribution in [1.29, 1.82) is 0 Å². The van der Waals surface area contributed by atoms with Gasteiger partial charge in [-0.15, -0.1) is 0 Å². The fourth-order valence-electron chi connectivity index (χ4n) is 3.78. The van der Waals surface area contributed by atoms with Crippen LogP contribution in [-0.2, 0) is 9.47 Å². The van der Waals surface area contributed by atoms with Crippen molar-refractivity contribution in [3.63, 3.8) is 0 Å². The van der Waals surface area contributed by atoms with Crippen molar-refractivity contribution in [1.82, 2.24) is 0 Å². The minimum atomic E-state index is -0.177. The van der Waals surface area contributed by atoms with Gasteiger partial charge in [0.05, 0.1) is 12.4 Å². The zero-order chi connectivity index (χ0) is 15.7. The summed E-state index contributed by atoms with van der Waals surface area (Å²) in [6.45, 7) is 12.5. The van der Waals surface area contributed by atoms with Crippen molar-refractivity contribution in [2.24, 2.45) is 11.8 Å². The molecule has 0 unspecified atom stereocenters. The van der Waals surface area contributed by atoms with Gasteiger partial charge in [0.2, 0.25) is 6.29 Å². The van der Waals surface area contributed by atoms with Crippen molar-refractivity contribution < 1.29 is 9.47 Å². The molecule has 3 aliphatic rings. The lowest BCUT2D eigenvalue weighted by Gasteiger charge is -2.38. The minimum absolute atomic E-state index is 0.177. The van der Waals surface area contributed by atoms with Crippen LogP contribution in [0.25, 0.3) is 0 Å². The predicted molar refractivity (Wildman–Crippen MR) is 90.2 cm³/mol. The molecule has 0 radical (unpaired) electrons. The number of ether oxygens (including phenoxy) is 2. The quantitative estimate of drug-likeness (QED) is 0.659. The second kappa shape index (κ2) is 6.45. The van der Waals surface area contributed by atoms with E-state index in [1.807, 2.05) is 6.26 Å². The molecule has 2 heteroatoms. The molecule has 0 saturated heterocycles. The molecular formula is C20H28O2. The van der Waals surface area contributed by atoms with Gasteiger partial charge in [0.15, 0.2) is 0 Å². The van der Waals surface area contributed by atoms with Crippen LogP contribution in [0.15, 0.2) is 47.8 Å². The Kier molecular flexibility index (Phi) is 4.58. The molecule has 4 atom stereocenters. The summed E-state index contributed by atoms with van der Waals surface area (Å²) < 4.78 is 12.2. The lowest BCUT2D eigenvalue weighted by Crippen LogP contribution is -2.36. The zero-order valence-electron chi connectivity index (χ0n) is 13.9. The highest BCUT2D eigenvalue weighted by Crippen LogP contribution is 2.39. The Balaban J connectivity index is 1.65. The Morgan fingerprint density at radius 2 is 1.73 bits per heavy atom. The van der Waals surface area contributed by atoms with Crippen molar-refractivity contribution in [3.05, 3.63) is 47.8 Å². The number of fused-ring (bicyclic) bond motifs is 1. The van der Waals surface area contributed by atoms with Crippen LogP contribution in [0.1, 0.15) is 52.4 Å². The molecule has 0 amide bonds. The molecule has 22 heavy (non-hydrogen) atoms. The van der Waals surface area contributed by atoms with Gasteiger partial charge in [-0.25, -0.2) is 0 Å². The van der Waals surface area contributed by atoms with Gasteiger partial charge in [-0.1, -0.05) is 30.4 Å². The van der Waals surface area contributed by atoms with Gasteiger partial charge in [0, 0.05) is 0 Å². The monoisotopic (exact) mass is 300 g/mol. The number of rotatable bonds is 3. The van der Waals surface area contributed by atoms with E-state index < -0.39 is 0 Å². The molecule has 120 valence electrons. The Hall–Kier alpha value is -1.28. The van der Waals surface area contributed by atoms with E-state index in [-0.39, 0.29) is 12.4 Å². The molecule has 0 aromatic carbocycles. The fraction of sp³-hybridized carbons (Fsp3) is 0.600. The summed E-state index contributed by atoms with van der Waals surface area (Å²) in [6.07, 6.45) is 10.9. The third-order valence-corrected chi connectivity index (χ3v) is 5.47. The maximum atomic E-state index is 6.28. The van der Waals surface area contributed by atoms with Gasteiger partial charge in [-0.3, -0.25) is 0 Å². The summed E-state index contributed by atoms with van der Waals surface area (Å²) in [5.74, 6) is 1.22. The van der Waals surface area contributed by atoms with Crippen molar-refractivity contribution in [2.75, 3.05) is 0 Å². The van der Waals surface area contributed by atoms with Crippen LogP contribution in [0, 0.1) is 11.8 Å². The summed E-state index contributed by atoms with van der Waals surface area (Å²) in [4.78, 5) is 0. The minimum Gasteiger partial charge on any atom is -0.468 e. The van der Waals surface area contributed by atoms with E-state index in [1.165, 1.54) is 35.1 Å². The molecule has 0 N–H and O–H groups in total. The molecule has 0 spiro atoms. The highest BCUT2D eigenvalue weighted by atomic mass is 16.7. The summed E-state index contributed by atoms with van der Waals surface area (Å²) in [5, 5.41) is 0. The van der Waals surface area contributed by atoms with Gasteiger partial charge in [0.1, 0.15) is 0 Å². The van der Waals surface area contributed by atoms with E-state index >= 15 is 0 Å². The average molecular weight is 300 g/mol. The van der Waals surface area contributed by atoms with Crippen molar-refractivity contribution in [2.45, 2.75) is 64.8 Å². The smallest absolute Gasteiger partial charge is 0.222 e. The van der Waals surface area contributed by atoms with Crippen LogP contribution in [0.5, 0.6) is 0 Å². The standard InChI is InChI=1S/C20H28O2/c1-13(2)15-5-7-16(8-6-15)20-21-12-18-10-9-17(14(3)4)11-19(18)22-20/h7,12,15,17,19-20H,1,3,5-6,8-11H2,2,4H3/t15-,17+,19+,20-/m1/s1. The fourth-order valence-corrected chi connectivity index (χ4v) is 3.78. The van der Waals surface area contributed by atoms with E-state index in [2.05, 4.69) is 33.1 Å². The van der Waals surface area contributed by atoms with Crippen LogP contribution >= 0.6 is 0 Å². The van der Waals surface area contributed by atoms with E-state index in [1.54, 1.807) is 0 Å². The van der Waals surface area contributed by atoms with Crippen LogP contribution in [0.2, 0.25) is 0 Å². The highest BCUT2D eigenvalue weighted by Gasteiger charge is 2.34. The zero-order valence-corrected chi connectivity index (χ0v) is 13.9. The first kappa shape index (κ1) is 15.6. The number of hydrogen-bond acceptors (Lipinski definition) is 2. The van der Waals surface area contributed by atoms with Crippen molar-refractivity contribution in [3.8, 4) is 0 Å². The molecular weight excluding hydrogens is 272 g/mol. The van der Waals surface area contributed by atoms with E-state index in [4.69, 9.17) is 9.47 Å². The Bertz CT molecular complexity index is 526. The molecule has 1 aliphatic heterocycles. The van der Waals surface area contributed by atoms with Crippen LogP contribution in [0.3, 0.4) is 0 Å². The first-order valence-corrected chi connectivity index (χ1v) is 8.54. The second-order valence-corrected chi connectivity index (χ2v) is 7.20. The van der Waals surface area contributed by atoms with Crippen LogP contribution < -0.4 is 0 Å². The third-order valence-electron chi connectivity index (χ3n) is 5.47. The molecule has 1 heterocycles. The van der Waals surface area contributed by atoms with Crippen LogP contribution in [-0.4, -0.2) is 12.4 Å². The lowest BCUT2D eigenvalue weighted by atomic mass is 9.80. The summed E-state index contributed by atoms with van der Waals surface area (Å²) in [6, 6.07) is 0. The normalized spacial score (nSPS) is 34.8. The Morgan fingerprint density at radius 1 is 1.05 bits per heavy atom. The van der Waals surface area contributed by atoms with Gasteiger partial charge in [-0.2, -0.15) is 0 Å². The topological polar surface area (TPSA) is 18.5 Å². The van der Waals surface area contributed by atoms with E-state index in [0.717, 1.165) is 25.7 Å². The molecule has 2 aliphatic carbocycles. The molecule has 3 rings (SSSR count). The lowest BCUT2D eigenvalue weighted by molar-refractivity contribution is -0.137. The Labute approximate surface area is 134 Å². The molecule has 0 aromatic heterocycles. The molecule has 1 saturated carbocycles. The van der Waals surface area contributed by atoms with Crippen molar-refractivity contribution >= 4 is 0 Å². The molecule has 2 nitrogen and oxygen atoms in total. The van der Waals surface area contributed by atoms with Gasteiger partial charge in [-0.05, 0) is 75.4 Å². The largest absolute Gasteiger partial charge is 0.468 e. The number of hydrogen-bond donors (Lipinski definition) is 0. The first-order chi connectivity index (χ1) is 10.5. The second-order valence-electron chi connectivity index (χ2n) is 7.20. The highest BCUT2D eigenvalue weighted by molar-refractivity contribution is 5.20. The Morgan fingerprint density at radius 3 is 2.36 bits per heavy atom. The summed E-state index contributed by atoms with van der Waals surface area (Å²) in [5.41, 5.74) is 5.21. The molecule has 0 bridgehead atoms.